The van der Waals surface area contributed by atoms with Gasteiger partial charge in [-0.1, -0.05) is 5.16 Å². The van der Waals surface area contributed by atoms with Gasteiger partial charge < -0.3 is 15.2 Å². The van der Waals surface area contributed by atoms with E-state index in [0.717, 1.165) is 17.0 Å². The van der Waals surface area contributed by atoms with Gasteiger partial charge in [0.1, 0.15) is 5.76 Å². The van der Waals surface area contributed by atoms with Crippen molar-refractivity contribution in [1.29, 1.82) is 0 Å². The summed E-state index contributed by atoms with van der Waals surface area (Å²) in [6.07, 6.45) is 2.44. The van der Waals surface area contributed by atoms with E-state index < -0.39 is 0 Å². The maximum Gasteiger partial charge on any atom is 0.222 e. The fourth-order valence-corrected chi connectivity index (χ4v) is 2.66. The van der Waals surface area contributed by atoms with Crippen LogP contribution in [0.15, 0.2) is 4.52 Å². The molecule has 0 radical (unpaired) electrons. The molecular weight excluding hydrogens is 258 g/mol. The number of hydrogen-bond acceptors (Lipinski definition) is 4. The maximum absolute atomic E-state index is 12.2. The summed E-state index contributed by atoms with van der Waals surface area (Å²) in [6.45, 7) is 4.98. The molecule has 0 aliphatic carbocycles. The number of nitrogens with zero attached hydrogens (tertiary/aromatic N) is 2. The second kappa shape index (κ2) is 6.07. The summed E-state index contributed by atoms with van der Waals surface area (Å²) in [4.78, 5) is 25.1. The Morgan fingerprint density at radius 1 is 1.35 bits per heavy atom. The monoisotopic (exact) mass is 279 g/mol. The Kier molecular flexibility index (Phi) is 4.42. The van der Waals surface area contributed by atoms with E-state index in [1.165, 1.54) is 0 Å². The first-order valence-corrected chi connectivity index (χ1v) is 6.98. The minimum absolute atomic E-state index is 0.0818. The first kappa shape index (κ1) is 14.6. The molecule has 1 aliphatic rings. The first-order chi connectivity index (χ1) is 9.49. The number of primary amides is 1. The zero-order chi connectivity index (χ0) is 14.7. The van der Waals surface area contributed by atoms with Crippen LogP contribution in [0.3, 0.4) is 0 Å². The lowest BCUT2D eigenvalue weighted by molar-refractivity contribution is -0.134. The van der Waals surface area contributed by atoms with E-state index in [4.69, 9.17) is 10.3 Å². The molecule has 1 aliphatic heterocycles. The van der Waals surface area contributed by atoms with Gasteiger partial charge in [0.2, 0.25) is 11.8 Å². The largest absolute Gasteiger partial charge is 0.369 e. The van der Waals surface area contributed by atoms with Crippen LogP contribution in [0.2, 0.25) is 0 Å². The lowest BCUT2D eigenvalue weighted by atomic mass is 9.96. The van der Waals surface area contributed by atoms with Crippen molar-refractivity contribution in [2.24, 2.45) is 11.7 Å². The number of amides is 2. The van der Waals surface area contributed by atoms with Gasteiger partial charge in [0, 0.05) is 31.0 Å². The van der Waals surface area contributed by atoms with Crippen molar-refractivity contribution in [2.45, 2.75) is 39.5 Å². The number of rotatable bonds is 4. The zero-order valence-electron chi connectivity index (χ0n) is 12.0. The van der Waals surface area contributed by atoms with Gasteiger partial charge in [-0.25, -0.2) is 0 Å². The predicted octanol–water partition coefficient (Wildman–Crippen LogP) is 0.948. The summed E-state index contributed by atoms with van der Waals surface area (Å²) in [6, 6.07) is 0. The van der Waals surface area contributed by atoms with Gasteiger partial charge in [0.25, 0.3) is 0 Å². The number of aryl methyl sites for hydroxylation is 2. The SMILES string of the molecule is Cc1noc(C)c1CCC(=O)N1CCC(C(N)=O)CC1. The van der Waals surface area contributed by atoms with Gasteiger partial charge in [-0.15, -0.1) is 0 Å². The van der Waals surface area contributed by atoms with Crippen LogP contribution in [0.25, 0.3) is 0 Å². The molecule has 0 unspecified atom stereocenters. The van der Waals surface area contributed by atoms with Crippen LogP contribution in [0.4, 0.5) is 0 Å². The Labute approximate surface area is 118 Å². The molecule has 0 bridgehead atoms. The molecule has 1 aromatic rings. The van der Waals surface area contributed by atoms with Crippen LogP contribution >= 0.6 is 0 Å². The number of carbonyl (C=O) groups is 2. The number of nitrogens with two attached hydrogens (primary N) is 1. The molecule has 2 rings (SSSR count). The molecule has 2 amide bonds. The Bertz CT molecular complexity index is 482. The molecule has 1 saturated heterocycles. The van der Waals surface area contributed by atoms with E-state index in [1.54, 1.807) is 0 Å². The molecule has 1 fully saturated rings. The zero-order valence-corrected chi connectivity index (χ0v) is 12.0. The Hall–Kier alpha value is -1.85. The Morgan fingerprint density at radius 2 is 2.00 bits per heavy atom. The number of carbonyl (C=O) groups excluding carboxylic acids is 2. The van der Waals surface area contributed by atoms with E-state index in [9.17, 15) is 9.59 Å². The molecule has 0 spiro atoms. The Morgan fingerprint density at radius 3 is 2.50 bits per heavy atom. The molecule has 6 nitrogen and oxygen atoms in total. The average Bonchev–Trinajstić information content (AvgIpc) is 2.75. The van der Waals surface area contributed by atoms with E-state index in [-0.39, 0.29) is 17.7 Å². The molecule has 2 heterocycles. The number of aromatic nitrogens is 1. The topological polar surface area (TPSA) is 89.4 Å². The fraction of sp³-hybridized carbons (Fsp3) is 0.643. The highest BCUT2D eigenvalue weighted by atomic mass is 16.5. The third-order valence-electron chi connectivity index (χ3n) is 4.02. The minimum atomic E-state index is -0.257. The molecular formula is C14H21N3O3. The second-order valence-corrected chi connectivity index (χ2v) is 5.36. The lowest BCUT2D eigenvalue weighted by Gasteiger charge is -2.30. The highest BCUT2D eigenvalue weighted by Gasteiger charge is 2.25. The highest BCUT2D eigenvalue weighted by Crippen LogP contribution is 2.19. The molecule has 0 aromatic carbocycles. The number of hydrogen-bond donors (Lipinski definition) is 1. The summed E-state index contributed by atoms with van der Waals surface area (Å²) in [7, 11) is 0. The van der Waals surface area contributed by atoms with Crippen LogP contribution in [0.5, 0.6) is 0 Å². The van der Waals surface area contributed by atoms with Crippen molar-refractivity contribution >= 4 is 11.8 Å². The summed E-state index contributed by atoms with van der Waals surface area (Å²) >= 11 is 0. The van der Waals surface area contributed by atoms with Crippen molar-refractivity contribution in [2.75, 3.05) is 13.1 Å². The Balaban J connectivity index is 1.83. The summed E-state index contributed by atoms with van der Waals surface area (Å²) in [5.41, 5.74) is 7.15. The van der Waals surface area contributed by atoms with Crippen molar-refractivity contribution in [1.82, 2.24) is 10.1 Å². The maximum atomic E-state index is 12.2. The van der Waals surface area contributed by atoms with E-state index in [2.05, 4.69) is 5.16 Å². The molecule has 110 valence electrons. The summed E-state index contributed by atoms with van der Waals surface area (Å²) in [5, 5.41) is 3.88. The summed E-state index contributed by atoms with van der Waals surface area (Å²) < 4.78 is 5.09. The van der Waals surface area contributed by atoms with Crippen LogP contribution in [-0.4, -0.2) is 35.0 Å². The van der Waals surface area contributed by atoms with Gasteiger partial charge in [0.05, 0.1) is 5.69 Å². The van der Waals surface area contributed by atoms with Crippen molar-refractivity contribution < 1.29 is 14.1 Å². The molecule has 20 heavy (non-hydrogen) atoms. The third kappa shape index (κ3) is 3.18. The third-order valence-corrected chi connectivity index (χ3v) is 4.02. The van der Waals surface area contributed by atoms with Gasteiger partial charge >= 0.3 is 0 Å². The van der Waals surface area contributed by atoms with E-state index in [0.29, 0.717) is 38.8 Å². The molecule has 2 N–H and O–H groups in total. The van der Waals surface area contributed by atoms with Gasteiger partial charge in [-0.2, -0.15) is 0 Å². The second-order valence-electron chi connectivity index (χ2n) is 5.36. The van der Waals surface area contributed by atoms with Crippen LogP contribution in [-0.2, 0) is 16.0 Å². The predicted molar refractivity (Wildman–Crippen MR) is 72.8 cm³/mol. The number of piperidine rings is 1. The van der Waals surface area contributed by atoms with Crippen molar-refractivity contribution in [3.05, 3.63) is 17.0 Å². The average molecular weight is 279 g/mol. The molecule has 6 heteroatoms. The van der Waals surface area contributed by atoms with Crippen molar-refractivity contribution in [3.63, 3.8) is 0 Å². The van der Waals surface area contributed by atoms with Crippen molar-refractivity contribution in [3.8, 4) is 0 Å². The highest BCUT2D eigenvalue weighted by molar-refractivity contribution is 5.79. The molecule has 1 aromatic heterocycles. The van der Waals surface area contributed by atoms with E-state index in [1.807, 2.05) is 18.7 Å². The normalized spacial score (nSPS) is 16.4. The van der Waals surface area contributed by atoms with Crippen LogP contribution in [0, 0.1) is 19.8 Å². The van der Waals surface area contributed by atoms with Gasteiger partial charge in [-0.3, -0.25) is 9.59 Å². The van der Waals surface area contributed by atoms with Crippen LogP contribution in [0.1, 0.15) is 36.3 Å². The van der Waals surface area contributed by atoms with Gasteiger partial charge in [0.15, 0.2) is 0 Å². The molecule has 0 atom stereocenters. The van der Waals surface area contributed by atoms with E-state index >= 15 is 0 Å². The quantitative estimate of drug-likeness (QED) is 0.888. The summed E-state index contributed by atoms with van der Waals surface area (Å²) in [5.74, 6) is 0.560. The fourth-order valence-electron chi connectivity index (χ4n) is 2.66. The number of likely N-dealkylation sites (tertiary alicyclic amines) is 1. The van der Waals surface area contributed by atoms with Gasteiger partial charge in [-0.05, 0) is 33.1 Å². The molecule has 0 saturated carbocycles. The first-order valence-electron chi connectivity index (χ1n) is 6.98. The smallest absolute Gasteiger partial charge is 0.222 e. The van der Waals surface area contributed by atoms with Crippen LogP contribution < -0.4 is 5.73 Å². The minimum Gasteiger partial charge on any atom is -0.369 e. The lowest BCUT2D eigenvalue weighted by Crippen LogP contribution is -2.41. The standard InChI is InChI=1S/C14H21N3O3/c1-9-12(10(2)20-16-9)3-4-13(18)17-7-5-11(6-8-17)14(15)19/h11H,3-8H2,1-2H3,(H2,15,19).